The number of aryl methyl sites for hydroxylation is 2. The van der Waals surface area contributed by atoms with Crippen LogP contribution in [0.2, 0.25) is 0 Å². The molecule has 0 aliphatic carbocycles. The van der Waals surface area contributed by atoms with Gasteiger partial charge in [0.2, 0.25) is 0 Å². The highest BCUT2D eigenvalue weighted by Crippen LogP contribution is 2.41. The second kappa shape index (κ2) is 8.24. The first kappa shape index (κ1) is 23.8. The largest absolute Gasteiger partial charge is 0.477 e. The van der Waals surface area contributed by atoms with Crippen molar-refractivity contribution in [1.29, 1.82) is 0 Å². The number of fused-ring (bicyclic) bond motifs is 1. The number of benzene rings is 2. The van der Waals surface area contributed by atoms with Crippen LogP contribution in [0.3, 0.4) is 0 Å². The summed E-state index contributed by atoms with van der Waals surface area (Å²) in [6, 6.07) is 9.78. The van der Waals surface area contributed by atoms with E-state index in [9.17, 15) is 18.0 Å². The van der Waals surface area contributed by atoms with E-state index < -0.39 is 27.5 Å². The number of carbonyl (C=O) groups excluding carboxylic acids is 2. The van der Waals surface area contributed by atoms with Crippen LogP contribution in [0.15, 0.2) is 41.3 Å². The monoisotopic (exact) mass is 459 g/mol. The predicted molar refractivity (Wildman–Crippen MR) is 120 cm³/mol. The average molecular weight is 460 g/mol. The van der Waals surface area contributed by atoms with Crippen LogP contribution in [0, 0.1) is 6.92 Å². The summed E-state index contributed by atoms with van der Waals surface area (Å²) >= 11 is 0. The van der Waals surface area contributed by atoms with Crippen molar-refractivity contribution in [3.05, 3.63) is 53.1 Å². The van der Waals surface area contributed by atoms with E-state index in [1.54, 1.807) is 31.2 Å². The number of hydrogen-bond acceptors (Lipinski definition) is 6. The van der Waals surface area contributed by atoms with Crippen LogP contribution < -0.4 is 14.2 Å². The fraction of sp³-hybridized carbons (Fsp3) is 0.417. The maximum atomic E-state index is 13.0. The molecule has 8 heteroatoms. The van der Waals surface area contributed by atoms with Crippen molar-refractivity contribution < 1.29 is 27.5 Å². The summed E-state index contributed by atoms with van der Waals surface area (Å²) in [5, 5.41) is 0. The standard InChI is InChI=1S/C24H29NO6S/c1-15-7-9-18(10-8-15)32(28,29)25-22(27)24(6)12-11-17-13-21(30-16(2)26)19(23(3,4)5)14-20(17)31-24/h7-10,13-14H,11-12H2,1-6H3,(H,25,27). The molecule has 0 saturated carbocycles. The molecule has 0 spiro atoms. The van der Waals surface area contributed by atoms with Gasteiger partial charge in [-0.05, 0) is 55.5 Å². The number of nitrogens with one attached hydrogen (secondary N) is 1. The van der Waals surface area contributed by atoms with E-state index in [1.165, 1.54) is 19.1 Å². The molecule has 1 N–H and O–H groups in total. The van der Waals surface area contributed by atoms with Crippen LogP contribution in [0.25, 0.3) is 0 Å². The summed E-state index contributed by atoms with van der Waals surface area (Å²) < 4.78 is 39.0. The zero-order valence-corrected chi connectivity index (χ0v) is 20.1. The van der Waals surface area contributed by atoms with Crippen LogP contribution in [0.1, 0.15) is 57.7 Å². The molecule has 172 valence electrons. The molecule has 0 aromatic heterocycles. The molecule has 1 aliphatic heterocycles. The molecule has 32 heavy (non-hydrogen) atoms. The van der Waals surface area contributed by atoms with E-state index in [2.05, 4.69) is 4.72 Å². The number of sulfonamides is 1. The molecule has 0 bridgehead atoms. The van der Waals surface area contributed by atoms with Gasteiger partial charge >= 0.3 is 5.97 Å². The van der Waals surface area contributed by atoms with Gasteiger partial charge in [-0.1, -0.05) is 38.5 Å². The number of ether oxygens (including phenoxy) is 2. The zero-order chi connectivity index (χ0) is 23.9. The first-order valence-corrected chi connectivity index (χ1v) is 11.9. The normalized spacial score (nSPS) is 18.3. The Kier molecular flexibility index (Phi) is 6.12. The summed E-state index contributed by atoms with van der Waals surface area (Å²) in [6.07, 6.45) is 0.728. The van der Waals surface area contributed by atoms with Crippen LogP contribution in [-0.4, -0.2) is 25.9 Å². The van der Waals surface area contributed by atoms with Crippen LogP contribution >= 0.6 is 0 Å². The Balaban J connectivity index is 1.90. The van der Waals surface area contributed by atoms with Crippen LogP contribution in [0.4, 0.5) is 0 Å². The van der Waals surface area contributed by atoms with Crippen molar-refractivity contribution in [3.63, 3.8) is 0 Å². The topological polar surface area (TPSA) is 98.8 Å². The second-order valence-electron chi connectivity index (χ2n) is 9.38. The molecule has 0 radical (unpaired) electrons. The molecule has 2 aromatic rings. The summed E-state index contributed by atoms with van der Waals surface area (Å²) in [5.74, 6) is -0.215. The van der Waals surface area contributed by atoms with Crippen molar-refractivity contribution in [2.24, 2.45) is 0 Å². The van der Waals surface area contributed by atoms with Gasteiger partial charge in [0.25, 0.3) is 15.9 Å². The summed E-state index contributed by atoms with van der Waals surface area (Å²) in [4.78, 5) is 24.6. The van der Waals surface area contributed by atoms with E-state index in [4.69, 9.17) is 9.47 Å². The molecule has 0 fully saturated rings. The first-order valence-electron chi connectivity index (χ1n) is 10.4. The van der Waals surface area contributed by atoms with Crippen LogP contribution in [0.5, 0.6) is 11.5 Å². The Morgan fingerprint density at radius 3 is 2.31 bits per heavy atom. The van der Waals surface area contributed by atoms with Gasteiger partial charge < -0.3 is 9.47 Å². The number of amides is 1. The summed E-state index contributed by atoms with van der Waals surface area (Å²) in [7, 11) is -4.03. The molecule has 1 atom stereocenters. The third-order valence-corrected chi connectivity index (χ3v) is 6.82. The second-order valence-corrected chi connectivity index (χ2v) is 11.1. The molecule has 1 unspecified atom stereocenters. The van der Waals surface area contributed by atoms with Crippen molar-refractivity contribution in [2.45, 2.75) is 70.3 Å². The molecular weight excluding hydrogens is 430 g/mol. The molecule has 0 saturated heterocycles. The highest BCUT2D eigenvalue weighted by atomic mass is 32.2. The quantitative estimate of drug-likeness (QED) is 0.551. The van der Waals surface area contributed by atoms with E-state index in [1.807, 2.05) is 27.7 Å². The lowest BCUT2D eigenvalue weighted by atomic mass is 9.83. The predicted octanol–water partition coefficient (Wildman–Crippen LogP) is 3.81. The highest BCUT2D eigenvalue weighted by Gasteiger charge is 2.41. The maximum Gasteiger partial charge on any atom is 0.308 e. The molecular formula is C24H29NO6S. The first-order chi connectivity index (χ1) is 14.7. The Hall–Kier alpha value is -2.87. The Bertz CT molecular complexity index is 1160. The van der Waals surface area contributed by atoms with Crippen molar-refractivity contribution in [2.75, 3.05) is 0 Å². The SMILES string of the molecule is CC(=O)Oc1cc2c(cc1C(C)(C)C)OC(C)(C(=O)NS(=O)(=O)c1ccc(C)cc1)CC2. The van der Waals surface area contributed by atoms with Gasteiger partial charge in [0.1, 0.15) is 11.5 Å². The minimum atomic E-state index is -4.03. The number of rotatable bonds is 4. The fourth-order valence-electron chi connectivity index (χ4n) is 3.55. The Morgan fingerprint density at radius 2 is 1.75 bits per heavy atom. The molecule has 3 rings (SSSR count). The Morgan fingerprint density at radius 1 is 1.12 bits per heavy atom. The molecule has 1 aliphatic rings. The van der Waals surface area contributed by atoms with Crippen molar-refractivity contribution in [3.8, 4) is 11.5 Å². The molecule has 1 heterocycles. The van der Waals surface area contributed by atoms with Crippen LogP contribution in [-0.2, 0) is 31.4 Å². The van der Waals surface area contributed by atoms with Crippen molar-refractivity contribution in [1.82, 2.24) is 4.72 Å². The average Bonchev–Trinajstić information content (AvgIpc) is 2.66. The van der Waals surface area contributed by atoms with E-state index in [0.29, 0.717) is 17.9 Å². The third kappa shape index (κ3) is 4.96. The number of hydrogen-bond donors (Lipinski definition) is 1. The minimum Gasteiger partial charge on any atom is -0.477 e. The maximum absolute atomic E-state index is 13.0. The van der Waals surface area contributed by atoms with Crippen molar-refractivity contribution >= 4 is 21.9 Å². The van der Waals surface area contributed by atoms with Gasteiger partial charge in [-0.15, -0.1) is 0 Å². The van der Waals surface area contributed by atoms with Gasteiger partial charge in [-0.3, -0.25) is 9.59 Å². The van der Waals surface area contributed by atoms with Gasteiger partial charge in [-0.2, -0.15) is 0 Å². The third-order valence-electron chi connectivity index (χ3n) is 5.47. The van der Waals surface area contributed by atoms with Gasteiger partial charge in [0, 0.05) is 18.9 Å². The lowest BCUT2D eigenvalue weighted by Crippen LogP contribution is -2.52. The highest BCUT2D eigenvalue weighted by molar-refractivity contribution is 7.90. The Labute approximate surface area is 189 Å². The fourth-order valence-corrected chi connectivity index (χ4v) is 4.62. The lowest BCUT2D eigenvalue weighted by Gasteiger charge is -2.35. The number of esters is 1. The molecule has 1 amide bonds. The van der Waals surface area contributed by atoms with Gasteiger partial charge in [0.05, 0.1) is 4.90 Å². The van der Waals surface area contributed by atoms with E-state index in [0.717, 1.165) is 16.7 Å². The smallest absolute Gasteiger partial charge is 0.308 e. The lowest BCUT2D eigenvalue weighted by molar-refractivity contribution is -0.134. The summed E-state index contributed by atoms with van der Waals surface area (Å²) in [6.45, 7) is 10.7. The van der Waals surface area contributed by atoms with Gasteiger partial charge in [-0.25, -0.2) is 13.1 Å². The molecule has 7 nitrogen and oxygen atoms in total. The molecule has 2 aromatic carbocycles. The minimum absolute atomic E-state index is 0.0114. The van der Waals surface area contributed by atoms with E-state index in [-0.39, 0.29) is 16.7 Å². The van der Waals surface area contributed by atoms with E-state index >= 15 is 0 Å². The zero-order valence-electron chi connectivity index (χ0n) is 19.2. The number of carbonyl (C=O) groups is 2. The summed E-state index contributed by atoms with van der Waals surface area (Å²) in [5.41, 5.74) is 0.734. The van der Waals surface area contributed by atoms with Gasteiger partial charge in [0.15, 0.2) is 5.60 Å².